The number of nitrogens with zero attached hydrogens (tertiary/aromatic N) is 1. The zero-order chi connectivity index (χ0) is 12.7. The first kappa shape index (κ1) is 13.8. The van der Waals surface area contributed by atoms with Gasteiger partial charge in [0.2, 0.25) is 0 Å². The topological polar surface area (TPSA) is 46.1 Å². The van der Waals surface area contributed by atoms with Crippen molar-refractivity contribution in [3.8, 4) is 0 Å². The van der Waals surface area contributed by atoms with E-state index in [1.165, 1.54) is 0 Å². The lowest BCUT2D eigenvalue weighted by Gasteiger charge is -2.13. The first-order valence-electron chi connectivity index (χ1n) is 6.27. The van der Waals surface area contributed by atoms with E-state index in [-0.39, 0.29) is 5.91 Å². The van der Waals surface area contributed by atoms with Gasteiger partial charge >= 0.3 is 0 Å². The summed E-state index contributed by atoms with van der Waals surface area (Å²) in [4.78, 5) is 12.0. The van der Waals surface area contributed by atoms with Crippen LogP contribution in [0.5, 0.6) is 0 Å². The molecule has 17 heavy (non-hydrogen) atoms. The minimum atomic E-state index is 0.0198. The Kier molecular flexibility index (Phi) is 5.77. The van der Waals surface area contributed by atoms with Crippen molar-refractivity contribution in [1.82, 2.24) is 15.2 Å². The second-order valence-corrected chi connectivity index (χ2v) is 4.46. The zero-order valence-corrected chi connectivity index (χ0v) is 11.0. The summed E-state index contributed by atoms with van der Waals surface area (Å²) in [6.07, 6.45) is 2.99. The van der Waals surface area contributed by atoms with Crippen molar-refractivity contribution in [3.63, 3.8) is 0 Å². The SMILES string of the molecule is CCCn1cccc1C(=O)NCC(C)CNC. The van der Waals surface area contributed by atoms with Crippen LogP contribution in [0.1, 0.15) is 30.8 Å². The minimum Gasteiger partial charge on any atom is -0.350 e. The highest BCUT2D eigenvalue weighted by molar-refractivity contribution is 5.92. The third kappa shape index (κ3) is 4.23. The molecule has 0 aromatic carbocycles. The number of carbonyl (C=O) groups excluding carboxylic acids is 1. The van der Waals surface area contributed by atoms with Crippen molar-refractivity contribution >= 4 is 5.91 Å². The van der Waals surface area contributed by atoms with Crippen LogP contribution >= 0.6 is 0 Å². The summed E-state index contributed by atoms with van der Waals surface area (Å²) in [7, 11) is 1.92. The minimum absolute atomic E-state index is 0.0198. The van der Waals surface area contributed by atoms with E-state index in [4.69, 9.17) is 0 Å². The predicted octanol–water partition coefficient (Wildman–Crippen LogP) is 1.48. The van der Waals surface area contributed by atoms with E-state index in [0.717, 1.165) is 25.2 Å². The molecule has 0 saturated carbocycles. The first-order valence-corrected chi connectivity index (χ1v) is 6.27. The van der Waals surface area contributed by atoms with Gasteiger partial charge in [-0.15, -0.1) is 0 Å². The molecular weight excluding hydrogens is 214 g/mol. The molecule has 0 aliphatic heterocycles. The molecule has 0 spiro atoms. The fourth-order valence-electron chi connectivity index (χ4n) is 1.83. The highest BCUT2D eigenvalue weighted by Crippen LogP contribution is 2.03. The molecule has 96 valence electrons. The normalized spacial score (nSPS) is 12.4. The van der Waals surface area contributed by atoms with Crippen LogP contribution in [0.3, 0.4) is 0 Å². The van der Waals surface area contributed by atoms with Crippen molar-refractivity contribution in [1.29, 1.82) is 0 Å². The molecule has 1 rings (SSSR count). The number of rotatable bonds is 7. The molecule has 2 N–H and O–H groups in total. The van der Waals surface area contributed by atoms with Gasteiger partial charge in [0.15, 0.2) is 0 Å². The quantitative estimate of drug-likeness (QED) is 0.754. The zero-order valence-electron chi connectivity index (χ0n) is 11.0. The van der Waals surface area contributed by atoms with E-state index >= 15 is 0 Å². The average Bonchev–Trinajstić information content (AvgIpc) is 2.75. The average molecular weight is 237 g/mol. The highest BCUT2D eigenvalue weighted by atomic mass is 16.1. The monoisotopic (exact) mass is 237 g/mol. The maximum atomic E-state index is 12.0. The predicted molar refractivity (Wildman–Crippen MR) is 70.1 cm³/mol. The Hall–Kier alpha value is -1.29. The fourth-order valence-corrected chi connectivity index (χ4v) is 1.83. The second kappa shape index (κ2) is 7.12. The molecule has 0 saturated heterocycles. The Bertz CT molecular complexity index is 346. The molecule has 0 bridgehead atoms. The number of hydrogen-bond donors (Lipinski definition) is 2. The van der Waals surface area contributed by atoms with Gasteiger partial charge in [0.05, 0.1) is 0 Å². The Balaban J connectivity index is 2.49. The number of aromatic nitrogens is 1. The van der Waals surface area contributed by atoms with Crippen LogP contribution in [0.25, 0.3) is 0 Å². The number of amides is 1. The van der Waals surface area contributed by atoms with Crippen LogP contribution < -0.4 is 10.6 Å². The summed E-state index contributed by atoms with van der Waals surface area (Å²) in [5.74, 6) is 0.463. The summed E-state index contributed by atoms with van der Waals surface area (Å²) < 4.78 is 2.00. The van der Waals surface area contributed by atoms with Crippen molar-refractivity contribution < 1.29 is 4.79 Å². The molecule has 1 heterocycles. The number of aryl methyl sites for hydroxylation is 1. The molecule has 1 aromatic rings. The summed E-state index contributed by atoms with van der Waals surface area (Å²) in [5, 5.41) is 6.07. The summed E-state index contributed by atoms with van der Waals surface area (Å²) in [5.41, 5.74) is 0.753. The summed E-state index contributed by atoms with van der Waals surface area (Å²) in [6, 6.07) is 3.79. The summed E-state index contributed by atoms with van der Waals surface area (Å²) in [6.45, 7) is 6.73. The smallest absolute Gasteiger partial charge is 0.267 e. The number of nitrogens with one attached hydrogen (secondary N) is 2. The molecule has 1 unspecified atom stereocenters. The lowest BCUT2D eigenvalue weighted by Crippen LogP contribution is -2.33. The molecule has 0 aliphatic rings. The van der Waals surface area contributed by atoms with Gasteiger partial charge in [-0.25, -0.2) is 0 Å². The maximum absolute atomic E-state index is 12.0. The van der Waals surface area contributed by atoms with E-state index in [1.807, 2.05) is 29.9 Å². The molecule has 4 nitrogen and oxygen atoms in total. The molecular formula is C13H23N3O. The molecule has 1 amide bonds. The number of hydrogen-bond acceptors (Lipinski definition) is 2. The molecule has 0 fully saturated rings. The van der Waals surface area contributed by atoms with Gasteiger partial charge in [-0.05, 0) is 38.1 Å². The van der Waals surface area contributed by atoms with Crippen molar-refractivity contribution in [2.24, 2.45) is 5.92 Å². The van der Waals surface area contributed by atoms with Crippen molar-refractivity contribution in [2.45, 2.75) is 26.8 Å². The molecule has 0 radical (unpaired) electrons. The van der Waals surface area contributed by atoms with Crippen molar-refractivity contribution in [3.05, 3.63) is 24.0 Å². The van der Waals surface area contributed by atoms with Crippen LogP contribution in [0.15, 0.2) is 18.3 Å². The van der Waals surface area contributed by atoms with Gasteiger partial charge in [0.25, 0.3) is 5.91 Å². The molecule has 1 atom stereocenters. The van der Waals surface area contributed by atoms with Crippen LogP contribution in [0.4, 0.5) is 0 Å². The van der Waals surface area contributed by atoms with Crippen molar-refractivity contribution in [2.75, 3.05) is 20.1 Å². The standard InChI is InChI=1S/C13H23N3O/c1-4-7-16-8-5-6-12(16)13(17)15-10-11(2)9-14-3/h5-6,8,11,14H,4,7,9-10H2,1-3H3,(H,15,17). The van der Waals surface area contributed by atoms with Crippen LogP contribution in [-0.2, 0) is 6.54 Å². The van der Waals surface area contributed by atoms with Crippen LogP contribution in [-0.4, -0.2) is 30.6 Å². The Morgan fingerprint density at radius 2 is 2.24 bits per heavy atom. The lowest BCUT2D eigenvalue weighted by molar-refractivity contribution is 0.0938. The maximum Gasteiger partial charge on any atom is 0.267 e. The van der Waals surface area contributed by atoms with Crippen LogP contribution in [0.2, 0.25) is 0 Å². The van der Waals surface area contributed by atoms with E-state index < -0.39 is 0 Å². The van der Waals surface area contributed by atoms with E-state index in [0.29, 0.717) is 12.5 Å². The molecule has 4 heteroatoms. The largest absolute Gasteiger partial charge is 0.350 e. The van der Waals surface area contributed by atoms with Gasteiger partial charge < -0.3 is 15.2 Å². The first-order chi connectivity index (χ1) is 8.19. The third-order valence-electron chi connectivity index (χ3n) is 2.69. The Morgan fingerprint density at radius 1 is 1.47 bits per heavy atom. The highest BCUT2D eigenvalue weighted by Gasteiger charge is 2.10. The van der Waals surface area contributed by atoms with E-state index in [1.54, 1.807) is 0 Å². The van der Waals surface area contributed by atoms with Gasteiger partial charge in [-0.2, -0.15) is 0 Å². The van der Waals surface area contributed by atoms with Gasteiger partial charge in [-0.1, -0.05) is 13.8 Å². The van der Waals surface area contributed by atoms with Gasteiger partial charge in [-0.3, -0.25) is 4.79 Å². The summed E-state index contributed by atoms with van der Waals surface area (Å²) >= 11 is 0. The van der Waals surface area contributed by atoms with Crippen LogP contribution in [0, 0.1) is 5.92 Å². The third-order valence-corrected chi connectivity index (χ3v) is 2.69. The van der Waals surface area contributed by atoms with Gasteiger partial charge in [0, 0.05) is 19.3 Å². The lowest BCUT2D eigenvalue weighted by atomic mass is 10.2. The van der Waals surface area contributed by atoms with Gasteiger partial charge in [0.1, 0.15) is 5.69 Å². The Morgan fingerprint density at radius 3 is 2.88 bits per heavy atom. The Labute approximate surface area is 103 Å². The fraction of sp³-hybridized carbons (Fsp3) is 0.615. The van der Waals surface area contributed by atoms with E-state index in [9.17, 15) is 4.79 Å². The molecule has 1 aromatic heterocycles. The van der Waals surface area contributed by atoms with E-state index in [2.05, 4.69) is 24.5 Å². The second-order valence-electron chi connectivity index (χ2n) is 4.46. The number of carbonyl (C=O) groups is 1. The molecule has 0 aliphatic carbocycles.